The molecule has 0 saturated carbocycles. The van der Waals surface area contributed by atoms with Crippen LogP contribution in [0.3, 0.4) is 0 Å². The van der Waals surface area contributed by atoms with E-state index in [2.05, 4.69) is 15.0 Å². The maximum Gasteiger partial charge on any atom is 0.387 e. The first-order valence-corrected chi connectivity index (χ1v) is 6.32. The minimum Gasteiger partial charge on any atom is -0.432 e. The van der Waals surface area contributed by atoms with Crippen LogP contribution in [0.4, 0.5) is 24.5 Å². The molecule has 3 N–H and O–H groups in total. The lowest BCUT2D eigenvalue weighted by molar-refractivity contribution is -0.0521. The van der Waals surface area contributed by atoms with Crippen molar-refractivity contribution in [3.05, 3.63) is 17.9 Å². The van der Waals surface area contributed by atoms with E-state index in [1.807, 2.05) is 14.1 Å². The van der Waals surface area contributed by atoms with E-state index in [0.717, 1.165) is 31.5 Å². The number of benzene rings is 1. The van der Waals surface area contributed by atoms with Gasteiger partial charge in [0.2, 0.25) is 0 Å². The summed E-state index contributed by atoms with van der Waals surface area (Å²) < 4.78 is 41.7. The van der Waals surface area contributed by atoms with Crippen LogP contribution in [-0.4, -0.2) is 38.7 Å². The lowest BCUT2D eigenvalue weighted by Gasteiger charge is -2.13. The summed E-state index contributed by atoms with van der Waals surface area (Å²) in [6, 6.07) is 2.13. The topological polar surface area (TPSA) is 50.5 Å². The normalized spacial score (nSPS) is 11.2. The van der Waals surface area contributed by atoms with Crippen molar-refractivity contribution in [3.8, 4) is 5.75 Å². The summed E-state index contributed by atoms with van der Waals surface area (Å²) in [4.78, 5) is 2.07. The molecule has 114 valence electrons. The predicted molar refractivity (Wildman–Crippen MR) is 73.7 cm³/mol. The van der Waals surface area contributed by atoms with Crippen LogP contribution in [0.1, 0.15) is 12.8 Å². The van der Waals surface area contributed by atoms with Gasteiger partial charge in [0.1, 0.15) is 0 Å². The van der Waals surface area contributed by atoms with E-state index in [1.165, 1.54) is 0 Å². The van der Waals surface area contributed by atoms with E-state index in [9.17, 15) is 13.2 Å². The molecule has 7 heteroatoms. The summed E-state index contributed by atoms with van der Waals surface area (Å²) in [5, 5.41) is 2.99. The van der Waals surface area contributed by atoms with Crippen molar-refractivity contribution in [1.82, 2.24) is 4.90 Å². The average Bonchev–Trinajstić information content (AvgIpc) is 2.33. The number of unbranched alkanes of at least 4 members (excludes halogenated alkanes) is 1. The quantitative estimate of drug-likeness (QED) is 0.571. The number of hydrogen-bond acceptors (Lipinski definition) is 4. The number of alkyl halides is 2. The fraction of sp³-hybridized carbons (Fsp3) is 0.538. The van der Waals surface area contributed by atoms with E-state index >= 15 is 0 Å². The molecule has 0 spiro atoms. The molecule has 0 aliphatic carbocycles. The van der Waals surface area contributed by atoms with Crippen LogP contribution in [0.15, 0.2) is 12.1 Å². The van der Waals surface area contributed by atoms with E-state index in [-0.39, 0.29) is 5.69 Å². The van der Waals surface area contributed by atoms with Crippen molar-refractivity contribution in [2.75, 3.05) is 38.2 Å². The second kappa shape index (κ2) is 7.84. The molecule has 20 heavy (non-hydrogen) atoms. The van der Waals surface area contributed by atoms with E-state index in [1.54, 1.807) is 0 Å². The standard InChI is InChI=1S/C13H20F3N3O/c1-19(2)6-4-3-5-18-11-8-12(20-13(15)16)9(14)7-10(11)17/h7-8,13,18H,3-6,17H2,1-2H3. The Morgan fingerprint density at radius 2 is 2.00 bits per heavy atom. The molecule has 0 aliphatic rings. The highest BCUT2D eigenvalue weighted by Crippen LogP contribution is 2.29. The third-order valence-corrected chi connectivity index (χ3v) is 2.67. The van der Waals surface area contributed by atoms with Gasteiger partial charge in [0, 0.05) is 18.7 Å². The second-order valence-corrected chi connectivity index (χ2v) is 4.69. The number of nitrogens with two attached hydrogens (primary N) is 1. The lowest BCUT2D eigenvalue weighted by atomic mass is 10.2. The molecule has 0 radical (unpaired) electrons. The molecule has 0 aliphatic heterocycles. The zero-order chi connectivity index (χ0) is 15.1. The maximum atomic E-state index is 13.4. The van der Waals surface area contributed by atoms with E-state index < -0.39 is 18.2 Å². The molecule has 0 heterocycles. The Kier molecular flexibility index (Phi) is 6.44. The van der Waals surface area contributed by atoms with Crippen molar-refractivity contribution >= 4 is 11.4 Å². The van der Waals surface area contributed by atoms with Crippen molar-refractivity contribution in [2.24, 2.45) is 0 Å². The van der Waals surface area contributed by atoms with Crippen LogP contribution in [0, 0.1) is 5.82 Å². The van der Waals surface area contributed by atoms with Crippen molar-refractivity contribution in [1.29, 1.82) is 0 Å². The van der Waals surface area contributed by atoms with Crippen LogP contribution >= 0.6 is 0 Å². The first kappa shape index (κ1) is 16.4. The number of ether oxygens (including phenoxy) is 1. The number of nitrogen functional groups attached to an aromatic ring is 1. The SMILES string of the molecule is CN(C)CCCCNc1cc(OC(F)F)c(F)cc1N. The molecular formula is C13H20F3N3O. The smallest absolute Gasteiger partial charge is 0.387 e. The first-order valence-electron chi connectivity index (χ1n) is 6.32. The molecule has 1 aromatic rings. The van der Waals surface area contributed by atoms with Crippen LogP contribution < -0.4 is 15.8 Å². The summed E-state index contributed by atoms with van der Waals surface area (Å²) in [7, 11) is 3.97. The summed E-state index contributed by atoms with van der Waals surface area (Å²) in [6.07, 6.45) is 1.88. The Morgan fingerprint density at radius 3 is 2.60 bits per heavy atom. The lowest BCUT2D eigenvalue weighted by Crippen LogP contribution is -2.14. The molecule has 0 atom stereocenters. The first-order chi connectivity index (χ1) is 9.40. The highest BCUT2D eigenvalue weighted by atomic mass is 19.3. The maximum absolute atomic E-state index is 13.4. The predicted octanol–water partition coefficient (Wildman–Crippen LogP) is 2.76. The van der Waals surface area contributed by atoms with Gasteiger partial charge in [-0.1, -0.05) is 0 Å². The molecule has 4 nitrogen and oxygen atoms in total. The van der Waals surface area contributed by atoms with Gasteiger partial charge in [-0.05, 0) is 33.5 Å². The molecule has 0 unspecified atom stereocenters. The van der Waals surface area contributed by atoms with Gasteiger partial charge in [-0.25, -0.2) is 4.39 Å². The molecule has 0 bridgehead atoms. The molecule has 1 rings (SSSR count). The van der Waals surface area contributed by atoms with Crippen LogP contribution in [0.25, 0.3) is 0 Å². The Morgan fingerprint density at radius 1 is 1.30 bits per heavy atom. The Labute approximate surface area is 116 Å². The number of nitrogens with one attached hydrogen (secondary N) is 1. The summed E-state index contributed by atoms with van der Waals surface area (Å²) >= 11 is 0. The number of hydrogen-bond donors (Lipinski definition) is 2. The molecular weight excluding hydrogens is 271 g/mol. The highest BCUT2D eigenvalue weighted by Gasteiger charge is 2.13. The largest absolute Gasteiger partial charge is 0.432 e. The van der Waals surface area contributed by atoms with Crippen molar-refractivity contribution in [2.45, 2.75) is 19.5 Å². The van der Waals surface area contributed by atoms with Gasteiger partial charge in [-0.3, -0.25) is 0 Å². The number of anilines is 2. The highest BCUT2D eigenvalue weighted by molar-refractivity contribution is 5.68. The second-order valence-electron chi connectivity index (χ2n) is 4.69. The molecule has 0 fully saturated rings. The summed E-state index contributed by atoms with van der Waals surface area (Å²) in [5.41, 5.74) is 6.19. The average molecular weight is 291 g/mol. The van der Waals surface area contributed by atoms with Gasteiger partial charge in [-0.2, -0.15) is 8.78 Å². The van der Waals surface area contributed by atoms with E-state index in [4.69, 9.17) is 5.73 Å². The Bertz CT molecular complexity index is 428. The number of halogens is 3. The third-order valence-electron chi connectivity index (χ3n) is 2.67. The molecule has 0 amide bonds. The Balaban J connectivity index is 2.56. The number of rotatable bonds is 8. The van der Waals surface area contributed by atoms with Crippen molar-refractivity contribution < 1.29 is 17.9 Å². The van der Waals surface area contributed by atoms with Gasteiger partial charge in [0.25, 0.3) is 0 Å². The van der Waals surface area contributed by atoms with Crippen LogP contribution in [-0.2, 0) is 0 Å². The fourth-order valence-corrected chi connectivity index (χ4v) is 1.68. The Hall–Kier alpha value is -1.63. The summed E-state index contributed by atoms with van der Waals surface area (Å²) in [6.45, 7) is -1.49. The fourth-order valence-electron chi connectivity index (χ4n) is 1.68. The minimum atomic E-state index is -3.07. The third kappa shape index (κ3) is 5.56. The van der Waals surface area contributed by atoms with Gasteiger partial charge in [0.05, 0.1) is 11.4 Å². The molecule has 1 aromatic carbocycles. The van der Waals surface area contributed by atoms with E-state index in [0.29, 0.717) is 12.2 Å². The van der Waals surface area contributed by atoms with Crippen LogP contribution in [0.5, 0.6) is 5.75 Å². The minimum absolute atomic E-state index is 0.164. The zero-order valence-electron chi connectivity index (χ0n) is 11.6. The van der Waals surface area contributed by atoms with Gasteiger partial charge in [0.15, 0.2) is 11.6 Å². The summed E-state index contributed by atoms with van der Waals surface area (Å²) in [5.74, 6) is -1.41. The van der Waals surface area contributed by atoms with Gasteiger partial charge >= 0.3 is 6.61 Å². The zero-order valence-corrected chi connectivity index (χ0v) is 11.6. The van der Waals surface area contributed by atoms with Crippen molar-refractivity contribution in [3.63, 3.8) is 0 Å². The molecule has 0 saturated heterocycles. The number of nitrogens with zero attached hydrogens (tertiary/aromatic N) is 1. The van der Waals surface area contributed by atoms with Gasteiger partial charge < -0.3 is 20.7 Å². The van der Waals surface area contributed by atoms with Crippen LogP contribution in [0.2, 0.25) is 0 Å². The monoisotopic (exact) mass is 291 g/mol. The molecule has 0 aromatic heterocycles. The van der Waals surface area contributed by atoms with Gasteiger partial charge in [-0.15, -0.1) is 0 Å².